The van der Waals surface area contributed by atoms with Crippen molar-refractivity contribution in [2.75, 3.05) is 26.5 Å². The van der Waals surface area contributed by atoms with Crippen molar-refractivity contribution in [2.24, 2.45) is 5.92 Å². The normalized spacial score (nSPS) is 18.0. The summed E-state index contributed by atoms with van der Waals surface area (Å²) >= 11 is 0. The molecule has 2 amide bonds. The van der Waals surface area contributed by atoms with Gasteiger partial charge in [0.05, 0.1) is 23.3 Å². The second-order valence-corrected chi connectivity index (χ2v) is 10.2. The maximum Gasteiger partial charge on any atom is 0.255 e. The van der Waals surface area contributed by atoms with Gasteiger partial charge in [-0.2, -0.15) is 0 Å². The predicted octanol–water partition coefficient (Wildman–Crippen LogP) is 2.55. The molecule has 4 heterocycles. The first-order valence-electron chi connectivity index (χ1n) is 13.1. The van der Waals surface area contributed by atoms with Crippen LogP contribution in [-0.4, -0.2) is 75.4 Å². The number of aromatic nitrogens is 3. The summed E-state index contributed by atoms with van der Waals surface area (Å²) in [6.07, 6.45) is 3.99. The Morgan fingerprint density at radius 2 is 2.00 bits per heavy atom. The van der Waals surface area contributed by atoms with Crippen LogP contribution in [0.5, 0.6) is 17.2 Å². The molecule has 200 valence electrons. The lowest BCUT2D eigenvalue weighted by molar-refractivity contribution is -0.140. The molecule has 11 heteroatoms. The summed E-state index contributed by atoms with van der Waals surface area (Å²) in [6, 6.07) is 3.62. The fraction of sp³-hybridized carbons (Fsp3) is 0.481. The van der Waals surface area contributed by atoms with Gasteiger partial charge in [-0.15, -0.1) is 0 Å². The van der Waals surface area contributed by atoms with Crippen LogP contribution in [0.2, 0.25) is 0 Å². The van der Waals surface area contributed by atoms with Crippen LogP contribution in [-0.2, 0) is 4.79 Å². The van der Waals surface area contributed by atoms with Gasteiger partial charge in [-0.1, -0.05) is 0 Å². The minimum atomic E-state index is -1.02. The van der Waals surface area contributed by atoms with Crippen molar-refractivity contribution in [2.45, 2.75) is 51.7 Å². The standard InChI is InChI=1S/C27H31N5O6/c1-14-20(26(34)31-17-7-9-32(10-8-17)27(35)15(2)33)22-24(30-14)23(29-12-28-22)21-18(36-11-16-3-4-16)5-6-19-25(21)38-13-37-19/h5-6,12,15-17,30,33H,3-4,7-11,13H2,1-2H3,(H,31,34)/t15-/m0/s1. The summed E-state index contributed by atoms with van der Waals surface area (Å²) in [5.74, 6) is 1.88. The van der Waals surface area contributed by atoms with Crippen molar-refractivity contribution in [3.8, 4) is 28.5 Å². The van der Waals surface area contributed by atoms with Gasteiger partial charge in [-0.25, -0.2) is 9.97 Å². The van der Waals surface area contributed by atoms with Crippen LogP contribution in [0.1, 0.15) is 48.7 Å². The molecule has 3 aliphatic rings. The molecular weight excluding hydrogens is 490 g/mol. The van der Waals surface area contributed by atoms with Gasteiger partial charge in [0.2, 0.25) is 6.79 Å². The minimum absolute atomic E-state index is 0.0865. The number of amides is 2. The molecule has 3 aromatic rings. The first kappa shape index (κ1) is 24.5. The molecule has 1 saturated carbocycles. The van der Waals surface area contributed by atoms with Gasteiger partial charge in [0, 0.05) is 24.8 Å². The number of fused-ring (bicyclic) bond motifs is 2. The lowest BCUT2D eigenvalue weighted by Gasteiger charge is -2.33. The van der Waals surface area contributed by atoms with Gasteiger partial charge in [0.1, 0.15) is 29.4 Å². The summed E-state index contributed by atoms with van der Waals surface area (Å²) in [7, 11) is 0. The third-order valence-electron chi connectivity index (χ3n) is 7.41. The fourth-order valence-electron chi connectivity index (χ4n) is 5.15. The number of ether oxygens (including phenoxy) is 3. The molecule has 0 bridgehead atoms. The summed E-state index contributed by atoms with van der Waals surface area (Å²) in [5.41, 5.74) is 3.51. The van der Waals surface area contributed by atoms with Crippen LogP contribution >= 0.6 is 0 Å². The monoisotopic (exact) mass is 521 g/mol. The molecule has 0 unspecified atom stereocenters. The van der Waals surface area contributed by atoms with Gasteiger partial charge in [-0.05, 0) is 57.6 Å². The van der Waals surface area contributed by atoms with E-state index < -0.39 is 6.10 Å². The lowest BCUT2D eigenvalue weighted by atomic mass is 10.0. The average molecular weight is 522 g/mol. The number of aliphatic hydroxyl groups excluding tert-OH is 1. The number of aliphatic hydroxyl groups is 1. The molecule has 2 aromatic heterocycles. The van der Waals surface area contributed by atoms with Gasteiger partial charge < -0.3 is 34.5 Å². The van der Waals surface area contributed by atoms with Gasteiger partial charge in [0.25, 0.3) is 11.8 Å². The third kappa shape index (κ3) is 4.51. The fourth-order valence-corrected chi connectivity index (χ4v) is 5.15. The molecule has 11 nitrogen and oxygen atoms in total. The smallest absolute Gasteiger partial charge is 0.255 e. The average Bonchev–Trinajstić information content (AvgIpc) is 3.50. The first-order chi connectivity index (χ1) is 18.4. The number of nitrogens with one attached hydrogen (secondary N) is 2. The predicted molar refractivity (Wildman–Crippen MR) is 137 cm³/mol. The topological polar surface area (TPSA) is 139 Å². The molecule has 0 radical (unpaired) electrons. The van der Waals surface area contributed by atoms with Crippen molar-refractivity contribution in [3.63, 3.8) is 0 Å². The Balaban J connectivity index is 1.29. The molecular formula is C27H31N5O6. The zero-order valence-corrected chi connectivity index (χ0v) is 21.5. The van der Waals surface area contributed by atoms with Crippen molar-refractivity contribution >= 4 is 22.8 Å². The van der Waals surface area contributed by atoms with Crippen LogP contribution in [0.3, 0.4) is 0 Å². The van der Waals surface area contributed by atoms with E-state index in [1.807, 2.05) is 19.1 Å². The van der Waals surface area contributed by atoms with Crippen LogP contribution in [0, 0.1) is 12.8 Å². The summed E-state index contributed by atoms with van der Waals surface area (Å²) in [6.45, 7) is 5.01. The molecule has 1 aliphatic carbocycles. The van der Waals surface area contributed by atoms with Crippen molar-refractivity contribution < 1.29 is 28.9 Å². The van der Waals surface area contributed by atoms with E-state index in [0.717, 1.165) is 0 Å². The zero-order chi connectivity index (χ0) is 26.4. The molecule has 0 spiro atoms. The summed E-state index contributed by atoms with van der Waals surface area (Å²) in [5, 5.41) is 12.7. The quantitative estimate of drug-likeness (QED) is 0.431. The Hall–Kier alpha value is -3.86. The van der Waals surface area contributed by atoms with E-state index in [0.29, 0.717) is 89.3 Å². The van der Waals surface area contributed by atoms with Crippen LogP contribution in [0.25, 0.3) is 22.3 Å². The number of rotatable bonds is 7. The minimum Gasteiger partial charge on any atom is -0.492 e. The van der Waals surface area contributed by atoms with E-state index >= 15 is 0 Å². The van der Waals surface area contributed by atoms with Crippen LogP contribution in [0.15, 0.2) is 18.5 Å². The highest BCUT2D eigenvalue weighted by Crippen LogP contribution is 2.48. The summed E-state index contributed by atoms with van der Waals surface area (Å²) in [4.78, 5) is 39.5. The lowest BCUT2D eigenvalue weighted by Crippen LogP contribution is -2.48. The third-order valence-corrected chi connectivity index (χ3v) is 7.41. The van der Waals surface area contributed by atoms with E-state index in [1.54, 1.807) is 4.90 Å². The Kier molecular flexibility index (Phi) is 6.30. The number of aromatic amines is 1. The van der Waals surface area contributed by atoms with E-state index in [-0.39, 0.29) is 24.6 Å². The number of aryl methyl sites for hydroxylation is 1. The second-order valence-electron chi connectivity index (χ2n) is 10.2. The molecule has 38 heavy (non-hydrogen) atoms. The molecule has 1 saturated heterocycles. The molecule has 1 aromatic carbocycles. The number of carbonyl (C=O) groups is 2. The first-order valence-corrected chi connectivity index (χ1v) is 13.1. The molecule has 2 fully saturated rings. The van der Waals surface area contributed by atoms with E-state index in [9.17, 15) is 14.7 Å². The van der Waals surface area contributed by atoms with E-state index in [2.05, 4.69) is 20.3 Å². The molecule has 1 atom stereocenters. The van der Waals surface area contributed by atoms with E-state index in [4.69, 9.17) is 14.2 Å². The number of hydrogen-bond donors (Lipinski definition) is 3. The van der Waals surface area contributed by atoms with E-state index in [1.165, 1.54) is 26.1 Å². The number of H-pyrrole nitrogens is 1. The Bertz CT molecular complexity index is 1390. The molecule has 6 rings (SSSR count). The van der Waals surface area contributed by atoms with Gasteiger partial charge in [0.15, 0.2) is 11.5 Å². The maximum atomic E-state index is 13.4. The number of likely N-dealkylation sites (tertiary alicyclic amines) is 1. The van der Waals surface area contributed by atoms with Crippen LogP contribution in [0.4, 0.5) is 0 Å². The number of hydrogen-bond acceptors (Lipinski definition) is 8. The highest BCUT2D eigenvalue weighted by molar-refractivity contribution is 6.09. The second kappa shape index (κ2) is 9.79. The molecule has 2 aliphatic heterocycles. The SMILES string of the molecule is Cc1[nH]c2c(-c3c(OCC4CC4)ccc4c3OCO4)ncnc2c1C(=O)NC1CCN(C(=O)[C@H](C)O)CC1. The number of benzene rings is 1. The van der Waals surface area contributed by atoms with Crippen LogP contribution < -0.4 is 19.5 Å². The largest absolute Gasteiger partial charge is 0.492 e. The van der Waals surface area contributed by atoms with Gasteiger partial charge >= 0.3 is 0 Å². The van der Waals surface area contributed by atoms with Crippen molar-refractivity contribution in [1.82, 2.24) is 25.2 Å². The zero-order valence-electron chi connectivity index (χ0n) is 21.5. The number of piperidine rings is 1. The Labute approximate surface area is 219 Å². The molecule has 3 N–H and O–H groups in total. The number of carbonyl (C=O) groups excluding carboxylic acids is 2. The summed E-state index contributed by atoms with van der Waals surface area (Å²) < 4.78 is 17.6. The number of nitrogens with zero attached hydrogens (tertiary/aromatic N) is 3. The Morgan fingerprint density at radius 3 is 2.74 bits per heavy atom. The van der Waals surface area contributed by atoms with Gasteiger partial charge in [-0.3, -0.25) is 9.59 Å². The van der Waals surface area contributed by atoms with Crippen molar-refractivity contribution in [3.05, 3.63) is 29.7 Å². The highest BCUT2D eigenvalue weighted by Gasteiger charge is 2.31. The Morgan fingerprint density at radius 1 is 1.21 bits per heavy atom. The highest BCUT2D eigenvalue weighted by atomic mass is 16.7. The van der Waals surface area contributed by atoms with Crippen molar-refractivity contribution in [1.29, 1.82) is 0 Å². The maximum absolute atomic E-state index is 13.4.